The molecule has 3 aromatic rings. The van der Waals surface area contributed by atoms with Crippen LogP contribution in [0.3, 0.4) is 0 Å². The SMILES string of the molecule is CCc1cc2oc(=O)cc(CSc3nc(C)cs3)c2cc1Cl. The monoisotopic (exact) mass is 351 g/mol. The Balaban J connectivity index is 2.00. The van der Waals surface area contributed by atoms with Crippen molar-refractivity contribution in [3.05, 3.63) is 55.8 Å². The third kappa shape index (κ3) is 3.21. The minimum atomic E-state index is -0.331. The third-order valence-corrected chi connectivity index (χ3v) is 5.87. The van der Waals surface area contributed by atoms with E-state index in [9.17, 15) is 4.79 Å². The van der Waals surface area contributed by atoms with Crippen LogP contribution in [0.1, 0.15) is 23.7 Å². The minimum Gasteiger partial charge on any atom is -0.423 e. The Morgan fingerprint density at radius 2 is 2.14 bits per heavy atom. The number of rotatable bonds is 4. The maximum Gasteiger partial charge on any atom is 0.336 e. The second kappa shape index (κ2) is 6.44. The topological polar surface area (TPSA) is 43.1 Å². The Bertz CT molecular complexity index is 885. The Morgan fingerprint density at radius 3 is 2.82 bits per heavy atom. The van der Waals surface area contributed by atoms with Gasteiger partial charge >= 0.3 is 5.63 Å². The summed E-state index contributed by atoms with van der Waals surface area (Å²) in [6.45, 7) is 3.99. The second-order valence-corrected chi connectivity index (χ2v) is 7.42. The Kier molecular flexibility index (Phi) is 4.57. The highest BCUT2D eigenvalue weighted by Crippen LogP contribution is 2.31. The molecule has 0 fully saturated rings. The molecular formula is C16H14ClNO2S2. The summed E-state index contributed by atoms with van der Waals surface area (Å²) in [5, 5.41) is 3.62. The zero-order valence-electron chi connectivity index (χ0n) is 12.2. The third-order valence-electron chi connectivity index (χ3n) is 3.33. The lowest BCUT2D eigenvalue weighted by Gasteiger charge is -2.07. The number of benzene rings is 1. The van der Waals surface area contributed by atoms with Gasteiger partial charge < -0.3 is 4.42 Å². The van der Waals surface area contributed by atoms with Crippen LogP contribution in [0, 0.1) is 6.92 Å². The molecule has 0 saturated carbocycles. The fourth-order valence-electron chi connectivity index (χ4n) is 2.22. The molecule has 0 amide bonds. The maximum absolute atomic E-state index is 11.8. The molecule has 0 radical (unpaired) electrons. The number of halogens is 1. The smallest absolute Gasteiger partial charge is 0.336 e. The van der Waals surface area contributed by atoms with Crippen molar-refractivity contribution in [2.75, 3.05) is 0 Å². The van der Waals surface area contributed by atoms with Gasteiger partial charge in [-0.3, -0.25) is 0 Å². The number of hydrogen-bond acceptors (Lipinski definition) is 5. The van der Waals surface area contributed by atoms with Crippen molar-refractivity contribution in [2.24, 2.45) is 0 Å². The quantitative estimate of drug-likeness (QED) is 0.486. The number of aromatic nitrogens is 1. The molecule has 1 aromatic carbocycles. The molecule has 3 rings (SSSR count). The van der Waals surface area contributed by atoms with E-state index in [1.807, 2.05) is 31.4 Å². The molecule has 114 valence electrons. The van der Waals surface area contributed by atoms with Gasteiger partial charge in [0.1, 0.15) is 9.92 Å². The predicted molar refractivity (Wildman–Crippen MR) is 93.3 cm³/mol. The molecular weight excluding hydrogens is 338 g/mol. The molecule has 3 nitrogen and oxygen atoms in total. The molecule has 0 atom stereocenters. The fourth-order valence-corrected chi connectivity index (χ4v) is 4.35. The highest BCUT2D eigenvalue weighted by Gasteiger charge is 2.10. The van der Waals surface area contributed by atoms with Gasteiger partial charge in [0, 0.05) is 33.3 Å². The predicted octanol–water partition coefficient (Wildman–Crippen LogP) is 5.07. The lowest BCUT2D eigenvalue weighted by molar-refractivity contribution is 0.559. The first-order chi connectivity index (χ1) is 10.6. The average Bonchev–Trinajstić information content (AvgIpc) is 2.90. The van der Waals surface area contributed by atoms with E-state index < -0.39 is 0 Å². The number of nitrogens with zero attached hydrogens (tertiary/aromatic N) is 1. The number of fused-ring (bicyclic) bond motifs is 1. The normalized spacial score (nSPS) is 11.2. The molecule has 2 heterocycles. The van der Waals surface area contributed by atoms with E-state index in [0.29, 0.717) is 16.4 Å². The molecule has 0 saturated heterocycles. The highest BCUT2D eigenvalue weighted by atomic mass is 35.5. The van der Waals surface area contributed by atoms with E-state index >= 15 is 0 Å². The van der Waals surface area contributed by atoms with Crippen molar-refractivity contribution < 1.29 is 4.42 Å². The van der Waals surface area contributed by atoms with Crippen LogP contribution in [-0.4, -0.2) is 4.98 Å². The molecule has 0 N–H and O–H groups in total. The van der Waals surface area contributed by atoms with E-state index in [1.165, 1.54) is 6.07 Å². The molecule has 2 aromatic heterocycles. The largest absolute Gasteiger partial charge is 0.423 e. The van der Waals surface area contributed by atoms with Crippen LogP contribution >= 0.6 is 34.7 Å². The second-order valence-electron chi connectivity index (χ2n) is 4.93. The van der Waals surface area contributed by atoms with Gasteiger partial charge in [0.25, 0.3) is 0 Å². The van der Waals surface area contributed by atoms with Crippen LogP contribution in [0.25, 0.3) is 11.0 Å². The summed E-state index contributed by atoms with van der Waals surface area (Å²) < 4.78 is 6.31. The van der Waals surface area contributed by atoms with Crippen LogP contribution in [0.2, 0.25) is 5.02 Å². The van der Waals surface area contributed by atoms with Gasteiger partial charge in [0.2, 0.25) is 0 Å². The highest BCUT2D eigenvalue weighted by molar-refractivity contribution is 8.00. The van der Waals surface area contributed by atoms with Crippen molar-refractivity contribution in [2.45, 2.75) is 30.4 Å². The van der Waals surface area contributed by atoms with Gasteiger partial charge in [-0.1, -0.05) is 30.3 Å². The molecule has 0 bridgehead atoms. The summed E-state index contributed by atoms with van der Waals surface area (Å²) in [6.07, 6.45) is 0.801. The van der Waals surface area contributed by atoms with Gasteiger partial charge in [-0.25, -0.2) is 9.78 Å². The molecule has 22 heavy (non-hydrogen) atoms. The zero-order chi connectivity index (χ0) is 15.7. The number of thiazole rings is 1. The molecule has 0 unspecified atom stereocenters. The van der Waals surface area contributed by atoms with Crippen LogP contribution in [0.5, 0.6) is 0 Å². The van der Waals surface area contributed by atoms with Crippen molar-refractivity contribution >= 4 is 45.7 Å². The summed E-state index contributed by atoms with van der Waals surface area (Å²) in [7, 11) is 0. The van der Waals surface area contributed by atoms with E-state index in [2.05, 4.69) is 4.98 Å². The average molecular weight is 352 g/mol. The number of hydrogen-bond donors (Lipinski definition) is 0. The van der Waals surface area contributed by atoms with Crippen LogP contribution < -0.4 is 5.63 Å². The molecule has 0 aliphatic heterocycles. The van der Waals surface area contributed by atoms with Gasteiger partial charge in [-0.05, 0) is 36.6 Å². The first-order valence-corrected chi connectivity index (χ1v) is 9.11. The fraction of sp³-hybridized carbons (Fsp3) is 0.250. The summed E-state index contributed by atoms with van der Waals surface area (Å²) in [4.78, 5) is 16.2. The lowest BCUT2D eigenvalue weighted by Crippen LogP contribution is -2.00. The standard InChI is InChI=1S/C16H14ClNO2S2/c1-3-10-4-14-12(6-13(10)17)11(5-15(19)20-14)8-22-16-18-9(2)7-21-16/h4-7H,3,8H2,1-2H3. The Labute approximate surface area is 141 Å². The van der Waals surface area contributed by atoms with Crippen molar-refractivity contribution in [1.29, 1.82) is 0 Å². The molecule has 6 heteroatoms. The zero-order valence-corrected chi connectivity index (χ0v) is 14.6. The van der Waals surface area contributed by atoms with E-state index in [-0.39, 0.29) is 5.63 Å². The maximum atomic E-state index is 11.8. The van der Waals surface area contributed by atoms with E-state index in [0.717, 1.165) is 33.0 Å². The summed E-state index contributed by atoms with van der Waals surface area (Å²) in [5.74, 6) is 0.664. The van der Waals surface area contributed by atoms with E-state index in [1.54, 1.807) is 23.1 Å². The lowest BCUT2D eigenvalue weighted by atomic mass is 10.1. The van der Waals surface area contributed by atoms with Gasteiger partial charge in [-0.2, -0.15) is 0 Å². The summed E-state index contributed by atoms with van der Waals surface area (Å²) in [6, 6.07) is 5.29. The van der Waals surface area contributed by atoms with Crippen LogP contribution in [0.4, 0.5) is 0 Å². The number of aryl methyl sites for hydroxylation is 2. The minimum absolute atomic E-state index is 0.331. The van der Waals surface area contributed by atoms with Crippen molar-refractivity contribution in [3.8, 4) is 0 Å². The summed E-state index contributed by atoms with van der Waals surface area (Å²) in [5.41, 5.74) is 3.19. The van der Waals surface area contributed by atoms with Crippen LogP contribution in [0.15, 0.2) is 37.1 Å². The molecule has 0 aliphatic rings. The summed E-state index contributed by atoms with van der Waals surface area (Å²) >= 11 is 9.53. The van der Waals surface area contributed by atoms with E-state index in [4.69, 9.17) is 16.0 Å². The first-order valence-electron chi connectivity index (χ1n) is 6.87. The number of thioether (sulfide) groups is 1. The van der Waals surface area contributed by atoms with Crippen molar-refractivity contribution in [1.82, 2.24) is 4.98 Å². The van der Waals surface area contributed by atoms with Crippen molar-refractivity contribution in [3.63, 3.8) is 0 Å². The van der Waals surface area contributed by atoms with Gasteiger partial charge in [0.05, 0.1) is 0 Å². The van der Waals surface area contributed by atoms with Crippen LogP contribution in [-0.2, 0) is 12.2 Å². The first kappa shape index (κ1) is 15.6. The Hall–Kier alpha value is -1.30. The Morgan fingerprint density at radius 1 is 1.32 bits per heavy atom. The molecule has 0 aliphatic carbocycles. The van der Waals surface area contributed by atoms with Gasteiger partial charge in [0.15, 0.2) is 0 Å². The van der Waals surface area contributed by atoms with Gasteiger partial charge in [-0.15, -0.1) is 11.3 Å². The molecule has 0 spiro atoms.